The van der Waals surface area contributed by atoms with Gasteiger partial charge in [0.25, 0.3) is 0 Å². The van der Waals surface area contributed by atoms with Crippen molar-refractivity contribution in [1.82, 2.24) is 4.90 Å². The van der Waals surface area contributed by atoms with Crippen LogP contribution in [0.15, 0.2) is 12.2 Å². The third kappa shape index (κ3) is 2.39. The fourth-order valence-electron chi connectivity index (χ4n) is 2.42. The van der Waals surface area contributed by atoms with Crippen LogP contribution >= 0.6 is 0 Å². The Bertz CT molecular complexity index is 448. The Kier molecular flexibility index (Phi) is 3.06. The van der Waals surface area contributed by atoms with E-state index in [9.17, 15) is 13.2 Å². The van der Waals surface area contributed by atoms with Gasteiger partial charge in [-0.05, 0) is 19.3 Å². The Morgan fingerprint density at radius 2 is 2.00 bits per heavy atom. The van der Waals surface area contributed by atoms with Gasteiger partial charge in [-0.2, -0.15) is 0 Å². The average molecular weight is 257 g/mol. The van der Waals surface area contributed by atoms with E-state index in [1.165, 1.54) is 6.26 Å². The lowest BCUT2D eigenvalue weighted by Crippen LogP contribution is -2.59. The summed E-state index contributed by atoms with van der Waals surface area (Å²) in [5, 5.41) is -0.353. The second-order valence-electron chi connectivity index (χ2n) is 5.44. The number of hydrogen-bond acceptors (Lipinski definition) is 3. The number of carbonyl (C=O) groups is 1. The van der Waals surface area contributed by atoms with E-state index >= 15 is 0 Å². The van der Waals surface area contributed by atoms with Crippen LogP contribution in [0, 0.1) is 5.41 Å². The number of allylic oxidation sites excluding steroid dienone is 2. The minimum Gasteiger partial charge on any atom is -0.339 e. The van der Waals surface area contributed by atoms with Gasteiger partial charge in [0.1, 0.15) is 0 Å². The van der Waals surface area contributed by atoms with Gasteiger partial charge in [0, 0.05) is 19.3 Å². The third-order valence-corrected chi connectivity index (χ3v) is 5.36. The van der Waals surface area contributed by atoms with E-state index in [0.29, 0.717) is 13.1 Å². The highest BCUT2D eigenvalue weighted by Crippen LogP contribution is 2.35. The van der Waals surface area contributed by atoms with Crippen LogP contribution < -0.4 is 0 Å². The summed E-state index contributed by atoms with van der Waals surface area (Å²) in [6, 6.07) is 0. The second kappa shape index (κ2) is 4.12. The van der Waals surface area contributed by atoms with Crippen LogP contribution in [0.25, 0.3) is 0 Å². The van der Waals surface area contributed by atoms with E-state index in [0.717, 1.165) is 19.3 Å². The maximum atomic E-state index is 12.3. The highest BCUT2D eigenvalue weighted by molar-refractivity contribution is 7.91. The molecule has 0 aromatic heterocycles. The standard InChI is InChI=1S/C12H19NO3S/c1-12(6-4-3-5-7-12)11(14)13-8-10(9-13)17(2,15)16/h3-4,10H,5-9H2,1-2H3. The van der Waals surface area contributed by atoms with Gasteiger partial charge in [0.05, 0.1) is 10.7 Å². The van der Waals surface area contributed by atoms with Crippen molar-refractivity contribution in [2.24, 2.45) is 5.41 Å². The van der Waals surface area contributed by atoms with E-state index in [1.54, 1.807) is 4.90 Å². The molecule has 1 heterocycles. The van der Waals surface area contributed by atoms with Gasteiger partial charge in [-0.25, -0.2) is 8.42 Å². The van der Waals surface area contributed by atoms with Crippen molar-refractivity contribution >= 4 is 15.7 Å². The minimum absolute atomic E-state index is 0.113. The molecule has 0 saturated carbocycles. The Balaban J connectivity index is 1.98. The summed E-state index contributed by atoms with van der Waals surface area (Å²) in [6.07, 6.45) is 7.96. The molecule has 1 atom stereocenters. The molecule has 1 unspecified atom stereocenters. The Labute approximate surface area is 103 Å². The predicted octanol–water partition coefficient (Wildman–Crippen LogP) is 0.988. The zero-order valence-corrected chi connectivity index (χ0v) is 11.2. The predicted molar refractivity (Wildman–Crippen MR) is 66.3 cm³/mol. The molecular weight excluding hydrogens is 238 g/mol. The fraction of sp³-hybridized carbons (Fsp3) is 0.750. The van der Waals surface area contributed by atoms with Gasteiger partial charge in [-0.3, -0.25) is 4.79 Å². The second-order valence-corrected chi connectivity index (χ2v) is 7.76. The first-order valence-corrected chi connectivity index (χ1v) is 7.92. The smallest absolute Gasteiger partial charge is 0.228 e. The van der Waals surface area contributed by atoms with Gasteiger partial charge in [-0.1, -0.05) is 19.1 Å². The lowest BCUT2D eigenvalue weighted by atomic mass is 9.77. The summed E-state index contributed by atoms with van der Waals surface area (Å²) in [5.74, 6) is 0.113. The zero-order chi connectivity index (χ0) is 12.7. The van der Waals surface area contributed by atoms with Crippen molar-refractivity contribution in [3.05, 3.63) is 12.2 Å². The lowest BCUT2D eigenvalue weighted by Gasteiger charge is -2.43. The number of rotatable bonds is 2. The summed E-state index contributed by atoms with van der Waals surface area (Å²) in [6.45, 7) is 2.72. The monoisotopic (exact) mass is 257 g/mol. The molecule has 0 radical (unpaired) electrons. The molecule has 96 valence electrons. The molecular formula is C12H19NO3S. The molecule has 1 amide bonds. The topological polar surface area (TPSA) is 54.5 Å². The van der Waals surface area contributed by atoms with Crippen molar-refractivity contribution < 1.29 is 13.2 Å². The lowest BCUT2D eigenvalue weighted by molar-refractivity contribution is -0.145. The van der Waals surface area contributed by atoms with Gasteiger partial charge in [0.15, 0.2) is 9.84 Å². The Morgan fingerprint density at radius 3 is 2.47 bits per heavy atom. The molecule has 1 aliphatic heterocycles. The molecule has 5 heteroatoms. The van der Waals surface area contributed by atoms with Crippen LogP contribution in [0.5, 0.6) is 0 Å². The third-order valence-electron chi connectivity index (χ3n) is 3.85. The van der Waals surface area contributed by atoms with Crippen LogP contribution in [0.2, 0.25) is 0 Å². The number of hydrogen-bond donors (Lipinski definition) is 0. The molecule has 0 aromatic rings. The first-order valence-electron chi connectivity index (χ1n) is 5.96. The molecule has 1 saturated heterocycles. The summed E-state index contributed by atoms with van der Waals surface area (Å²) in [5.41, 5.74) is -0.322. The summed E-state index contributed by atoms with van der Waals surface area (Å²) < 4.78 is 22.6. The van der Waals surface area contributed by atoms with E-state index in [2.05, 4.69) is 12.2 Å². The summed E-state index contributed by atoms with van der Waals surface area (Å²) in [4.78, 5) is 14.0. The van der Waals surface area contributed by atoms with Crippen molar-refractivity contribution in [2.45, 2.75) is 31.4 Å². The zero-order valence-electron chi connectivity index (χ0n) is 10.3. The van der Waals surface area contributed by atoms with Crippen LogP contribution in [0.4, 0.5) is 0 Å². The first-order chi connectivity index (χ1) is 7.83. The van der Waals surface area contributed by atoms with Crippen LogP contribution in [0.3, 0.4) is 0 Å². The van der Waals surface area contributed by atoms with E-state index in [4.69, 9.17) is 0 Å². The number of amides is 1. The number of likely N-dealkylation sites (tertiary alicyclic amines) is 1. The molecule has 1 aliphatic carbocycles. The van der Waals surface area contributed by atoms with Gasteiger partial charge in [-0.15, -0.1) is 0 Å². The number of nitrogens with zero attached hydrogens (tertiary/aromatic N) is 1. The van der Waals surface area contributed by atoms with E-state index < -0.39 is 9.84 Å². The van der Waals surface area contributed by atoms with Crippen LogP contribution in [-0.2, 0) is 14.6 Å². The molecule has 2 aliphatic rings. The number of sulfone groups is 1. The van der Waals surface area contributed by atoms with Crippen molar-refractivity contribution in [3.8, 4) is 0 Å². The largest absolute Gasteiger partial charge is 0.339 e. The maximum Gasteiger partial charge on any atom is 0.228 e. The SMILES string of the molecule is CC1(C(=O)N2CC(S(C)(=O)=O)C2)CC=CCC1. The van der Waals surface area contributed by atoms with Crippen LogP contribution in [-0.4, -0.2) is 43.8 Å². The molecule has 0 N–H and O–H groups in total. The minimum atomic E-state index is -2.99. The summed E-state index contributed by atoms with van der Waals surface area (Å²) >= 11 is 0. The van der Waals surface area contributed by atoms with Crippen molar-refractivity contribution in [3.63, 3.8) is 0 Å². The van der Waals surface area contributed by atoms with Gasteiger partial charge >= 0.3 is 0 Å². The normalized spacial score (nSPS) is 30.1. The Hall–Kier alpha value is -0.840. The van der Waals surface area contributed by atoms with Gasteiger partial charge < -0.3 is 4.90 Å². The first kappa shape index (κ1) is 12.6. The fourth-order valence-corrected chi connectivity index (χ4v) is 3.32. The maximum absolute atomic E-state index is 12.3. The highest BCUT2D eigenvalue weighted by Gasteiger charge is 2.43. The van der Waals surface area contributed by atoms with E-state index in [1.807, 2.05) is 6.92 Å². The quantitative estimate of drug-likeness (QED) is 0.693. The van der Waals surface area contributed by atoms with Crippen molar-refractivity contribution in [1.29, 1.82) is 0 Å². The Morgan fingerprint density at radius 1 is 1.35 bits per heavy atom. The molecule has 4 nitrogen and oxygen atoms in total. The summed E-state index contributed by atoms with van der Waals surface area (Å²) in [7, 11) is -2.99. The average Bonchev–Trinajstić information content (AvgIpc) is 2.14. The molecule has 17 heavy (non-hydrogen) atoms. The highest BCUT2D eigenvalue weighted by atomic mass is 32.2. The molecule has 0 aromatic carbocycles. The molecule has 0 bridgehead atoms. The number of carbonyl (C=O) groups excluding carboxylic acids is 1. The molecule has 0 spiro atoms. The van der Waals surface area contributed by atoms with Crippen molar-refractivity contribution in [2.75, 3.05) is 19.3 Å². The van der Waals surface area contributed by atoms with E-state index in [-0.39, 0.29) is 16.6 Å². The molecule has 2 rings (SSSR count). The van der Waals surface area contributed by atoms with Gasteiger partial charge in [0.2, 0.25) is 5.91 Å². The van der Waals surface area contributed by atoms with Crippen LogP contribution in [0.1, 0.15) is 26.2 Å². The molecule has 1 fully saturated rings.